The van der Waals surface area contributed by atoms with E-state index in [0.717, 1.165) is 30.4 Å². The van der Waals surface area contributed by atoms with Crippen LogP contribution in [0.4, 0.5) is 10.5 Å². The molecule has 0 unspecified atom stereocenters. The summed E-state index contributed by atoms with van der Waals surface area (Å²) in [4.78, 5) is 15.0. The molecule has 0 aromatic heterocycles. The molecule has 2 amide bonds. The highest BCUT2D eigenvalue weighted by molar-refractivity contribution is 6.76. The molecule has 2 aromatic carbocycles. The summed E-state index contributed by atoms with van der Waals surface area (Å²) in [6, 6.07) is 15.1. The van der Waals surface area contributed by atoms with E-state index in [1.54, 1.807) is 6.07 Å². The lowest BCUT2D eigenvalue weighted by Gasteiger charge is -2.24. The van der Waals surface area contributed by atoms with E-state index in [4.69, 9.17) is 0 Å². The molecule has 0 fully saturated rings. The predicted molar refractivity (Wildman–Crippen MR) is 139 cm³/mol. The van der Waals surface area contributed by atoms with Crippen LogP contribution >= 0.6 is 0 Å². The van der Waals surface area contributed by atoms with Gasteiger partial charge >= 0.3 is 6.03 Å². The number of carbonyl (C=O) groups is 1. The van der Waals surface area contributed by atoms with Crippen molar-refractivity contribution in [1.82, 2.24) is 4.90 Å². The smallest absolute Gasteiger partial charge is 0.322 e. The number of amides is 2. The number of phenolic OH excluding ortho intramolecular Hbond substituents is 1. The van der Waals surface area contributed by atoms with Gasteiger partial charge in [0.05, 0.1) is 5.69 Å². The summed E-state index contributed by atoms with van der Waals surface area (Å²) in [7, 11) is -1.02. The summed E-state index contributed by atoms with van der Waals surface area (Å²) < 4.78 is 0. The van der Waals surface area contributed by atoms with Gasteiger partial charge in [0.15, 0.2) is 0 Å². The van der Waals surface area contributed by atoms with Gasteiger partial charge < -0.3 is 15.3 Å². The molecule has 5 heteroatoms. The minimum atomic E-state index is -1.02. The Morgan fingerprint density at radius 2 is 1.66 bits per heavy atom. The van der Waals surface area contributed by atoms with Gasteiger partial charge in [0, 0.05) is 21.2 Å². The number of nitrogens with zero attached hydrogens (tertiary/aromatic N) is 1. The Kier molecular flexibility index (Phi) is 10.3. The highest BCUT2D eigenvalue weighted by Crippen LogP contribution is 2.24. The Bertz CT molecular complexity index is 844. The summed E-state index contributed by atoms with van der Waals surface area (Å²) in [5.74, 6) is 0.0966. The molecule has 0 aliphatic heterocycles. The van der Waals surface area contributed by atoms with E-state index < -0.39 is 8.07 Å². The number of carbonyl (C=O) groups excluding carboxylic acids is 1. The molecule has 32 heavy (non-hydrogen) atoms. The van der Waals surface area contributed by atoms with E-state index >= 15 is 0 Å². The second-order valence-electron chi connectivity index (χ2n) is 10.2. The lowest BCUT2D eigenvalue weighted by molar-refractivity contribution is 0.207. The summed E-state index contributed by atoms with van der Waals surface area (Å²) in [5.41, 5.74) is 3.95. The molecule has 2 N–H and O–H groups in total. The third-order valence-electron chi connectivity index (χ3n) is 5.75. The van der Waals surface area contributed by atoms with Crippen molar-refractivity contribution in [2.45, 2.75) is 84.6 Å². The first-order chi connectivity index (χ1) is 15.2. The Labute approximate surface area is 196 Å². The zero-order valence-electron chi connectivity index (χ0n) is 20.7. The number of hydrogen-bond acceptors (Lipinski definition) is 2. The second kappa shape index (κ2) is 12.7. The fraction of sp³-hybridized carbons (Fsp3) is 0.519. The van der Waals surface area contributed by atoms with Crippen molar-refractivity contribution >= 4 is 19.8 Å². The number of unbranched alkanes of at least 4 members (excludes halogenated alkanes) is 3. The van der Waals surface area contributed by atoms with Crippen LogP contribution in [0.1, 0.15) is 55.7 Å². The Morgan fingerprint density at radius 1 is 0.969 bits per heavy atom. The number of aryl methyl sites for hydroxylation is 2. The van der Waals surface area contributed by atoms with Crippen molar-refractivity contribution < 1.29 is 9.90 Å². The van der Waals surface area contributed by atoms with Gasteiger partial charge in [-0.05, 0) is 55.0 Å². The zero-order chi connectivity index (χ0) is 23.6. The number of urea groups is 1. The number of hydrogen-bond donors (Lipinski definition) is 2. The molecule has 0 spiro atoms. The van der Waals surface area contributed by atoms with E-state index in [1.165, 1.54) is 30.9 Å². The van der Waals surface area contributed by atoms with Crippen LogP contribution < -0.4 is 5.32 Å². The first-order valence-corrected chi connectivity index (χ1v) is 15.8. The summed E-state index contributed by atoms with van der Waals surface area (Å²) >= 11 is 0. The molecule has 4 nitrogen and oxygen atoms in total. The minimum absolute atomic E-state index is 0.0966. The van der Waals surface area contributed by atoms with Gasteiger partial charge in [-0.1, -0.05) is 82.2 Å². The minimum Gasteiger partial charge on any atom is -0.506 e. The zero-order valence-corrected chi connectivity index (χ0v) is 21.7. The maximum absolute atomic E-state index is 13.1. The topological polar surface area (TPSA) is 52.6 Å². The van der Waals surface area contributed by atoms with E-state index in [1.807, 2.05) is 24.0 Å². The van der Waals surface area contributed by atoms with Crippen molar-refractivity contribution in [2.75, 3.05) is 11.9 Å². The number of rotatable bonds is 12. The molecule has 2 rings (SSSR count). The Hall–Kier alpha value is -2.27. The Balaban J connectivity index is 2.04. The number of anilines is 1. The molecule has 0 aliphatic carbocycles. The van der Waals surface area contributed by atoms with Crippen LogP contribution in [-0.2, 0) is 13.0 Å². The van der Waals surface area contributed by atoms with Crippen molar-refractivity contribution in [1.29, 1.82) is 0 Å². The van der Waals surface area contributed by atoms with E-state index in [-0.39, 0.29) is 11.8 Å². The monoisotopic (exact) mass is 454 g/mol. The number of nitrogens with one attached hydrogen (secondary N) is 1. The van der Waals surface area contributed by atoms with Gasteiger partial charge in [0.1, 0.15) is 5.75 Å². The van der Waals surface area contributed by atoms with Crippen LogP contribution in [-0.4, -0.2) is 30.7 Å². The molecule has 0 heterocycles. The molecule has 0 saturated heterocycles. The van der Waals surface area contributed by atoms with Gasteiger partial charge in [0.2, 0.25) is 0 Å². The first kappa shape index (κ1) is 26.0. The maximum Gasteiger partial charge on any atom is 0.322 e. The molecule has 0 bridgehead atoms. The van der Waals surface area contributed by atoms with Gasteiger partial charge in [0.25, 0.3) is 0 Å². The third-order valence-corrected chi connectivity index (χ3v) is 7.60. The first-order valence-electron chi connectivity index (χ1n) is 12.1. The highest BCUT2D eigenvalue weighted by atomic mass is 28.3. The number of benzene rings is 2. The van der Waals surface area contributed by atoms with Crippen molar-refractivity contribution in [3.05, 3.63) is 59.2 Å². The quantitative estimate of drug-likeness (QED) is 0.197. The van der Waals surface area contributed by atoms with Gasteiger partial charge in [-0.2, -0.15) is 0 Å². The maximum atomic E-state index is 13.1. The summed E-state index contributed by atoms with van der Waals surface area (Å²) in [6.07, 6.45) is 6.86. The molecule has 0 radical (unpaired) electrons. The second-order valence-corrected chi connectivity index (χ2v) is 15.8. The van der Waals surface area contributed by atoms with Crippen LogP contribution in [0.15, 0.2) is 42.5 Å². The fourth-order valence-electron chi connectivity index (χ4n) is 3.74. The lowest BCUT2D eigenvalue weighted by Crippen LogP contribution is -2.35. The van der Waals surface area contributed by atoms with E-state index in [2.05, 4.69) is 56.1 Å². The average molecular weight is 455 g/mol. The third kappa shape index (κ3) is 9.47. The molecular formula is C27H42N2O2Si. The van der Waals surface area contributed by atoms with Crippen LogP contribution in [0.3, 0.4) is 0 Å². The molecule has 2 aromatic rings. The van der Waals surface area contributed by atoms with Crippen LogP contribution in [0.25, 0.3) is 0 Å². The largest absolute Gasteiger partial charge is 0.506 e. The van der Waals surface area contributed by atoms with Crippen LogP contribution in [0.2, 0.25) is 25.7 Å². The molecular weight excluding hydrogens is 412 g/mol. The molecule has 0 atom stereocenters. The van der Waals surface area contributed by atoms with Gasteiger partial charge in [-0.3, -0.25) is 0 Å². The van der Waals surface area contributed by atoms with Crippen LogP contribution in [0, 0.1) is 6.92 Å². The standard InChI is InChI=1S/C27H42N2O2Si/c1-6-7-11-23-13-15-24(16-14-23)21-29(18-9-8-10-19-32(3,4)5)27(31)28-25-20-22(2)12-17-26(25)30/h12-17,20,30H,6-11,18-19,21H2,1-5H3,(H,28,31). The van der Waals surface area contributed by atoms with Gasteiger partial charge in [-0.25, -0.2) is 4.79 Å². The molecule has 0 aliphatic rings. The molecule has 176 valence electrons. The number of phenols is 1. The average Bonchev–Trinajstić information content (AvgIpc) is 2.73. The lowest BCUT2D eigenvalue weighted by atomic mass is 10.1. The van der Waals surface area contributed by atoms with Crippen molar-refractivity contribution in [3.8, 4) is 5.75 Å². The molecule has 0 saturated carbocycles. The number of aromatic hydroxyl groups is 1. The normalized spacial score (nSPS) is 11.4. The summed E-state index contributed by atoms with van der Waals surface area (Å²) in [6.45, 7) is 12.7. The van der Waals surface area contributed by atoms with Gasteiger partial charge in [-0.15, -0.1) is 0 Å². The van der Waals surface area contributed by atoms with Crippen molar-refractivity contribution in [2.24, 2.45) is 0 Å². The predicted octanol–water partition coefficient (Wildman–Crippen LogP) is 7.59. The SMILES string of the molecule is CCCCc1ccc(CN(CCCCC[Si](C)(C)C)C(=O)Nc2cc(C)ccc2O)cc1. The van der Waals surface area contributed by atoms with Crippen molar-refractivity contribution in [3.63, 3.8) is 0 Å². The summed E-state index contributed by atoms with van der Waals surface area (Å²) in [5, 5.41) is 13.1. The van der Waals surface area contributed by atoms with E-state index in [9.17, 15) is 9.90 Å². The van der Waals surface area contributed by atoms with E-state index in [0.29, 0.717) is 18.8 Å². The fourth-order valence-corrected chi connectivity index (χ4v) is 5.05. The Morgan fingerprint density at radius 3 is 2.31 bits per heavy atom. The van der Waals surface area contributed by atoms with Crippen LogP contribution in [0.5, 0.6) is 5.75 Å². The highest BCUT2D eigenvalue weighted by Gasteiger charge is 2.17.